The van der Waals surface area contributed by atoms with Crippen LogP contribution in [0.3, 0.4) is 0 Å². The summed E-state index contributed by atoms with van der Waals surface area (Å²) < 4.78 is 15.7. The lowest BCUT2D eigenvalue weighted by Crippen LogP contribution is -2.17. The third kappa shape index (κ3) is 4.05. The van der Waals surface area contributed by atoms with Gasteiger partial charge in [0.05, 0.1) is 23.6 Å². The van der Waals surface area contributed by atoms with E-state index >= 15 is 0 Å². The number of benzene rings is 1. The molecule has 0 atom stereocenters. The summed E-state index contributed by atoms with van der Waals surface area (Å²) in [5, 5.41) is 3.49. The summed E-state index contributed by atoms with van der Waals surface area (Å²) in [5.41, 5.74) is 1.58. The molecule has 0 aliphatic rings. The molecule has 5 heteroatoms. The molecule has 0 spiro atoms. The quantitative estimate of drug-likeness (QED) is 0.795. The van der Waals surface area contributed by atoms with Crippen molar-refractivity contribution in [1.82, 2.24) is 14.9 Å². The first kappa shape index (κ1) is 15.0. The summed E-state index contributed by atoms with van der Waals surface area (Å²) in [4.78, 5) is 4.33. The molecule has 0 saturated carbocycles. The van der Waals surface area contributed by atoms with Crippen LogP contribution in [-0.2, 0) is 13.0 Å². The maximum absolute atomic E-state index is 13.8. The van der Waals surface area contributed by atoms with Crippen LogP contribution in [0.4, 0.5) is 4.39 Å². The Morgan fingerprint density at radius 2 is 2.20 bits per heavy atom. The van der Waals surface area contributed by atoms with Crippen molar-refractivity contribution in [3.05, 3.63) is 52.8 Å². The van der Waals surface area contributed by atoms with Gasteiger partial charge in [0.15, 0.2) is 0 Å². The second-order valence-corrected chi connectivity index (χ2v) is 5.16. The SMILES string of the molecule is CCCNCCc1cn(Cc2cccc(Cl)c2F)cn1. The van der Waals surface area contributed by atoms with Crippen molar-refractivity contribution < 1.29 is 4.39 Å². The van der Waals surface area contributed by atoms with E-state index < -0.39 is 0 Å². The van der Waals surface area contributed by atoms with Gasteiger partial charge in [0.25, 0.3) is 0 Å². The number of nitrogens with one attached hydrogen (secondary N) is 1. The Morgan fingerprint density at radius 1 is 1.35 bits per heavy atom. The average molecular weight is 296 g/mol. The van der Waals surface area contributed by atoms with E-state index in [0.29, 0.717) is 12.1 Å². The Balaban J connectivity index is 1.94. The van der Waals surface area contributed by atoms with Gasteiger partial charge < -0.3 is 9.88 Å². The van der Waals surface area contributed by atoms with Crippen LogP contribution >= 0.6 is 11.6 Å². The molecular weight excluding hydrogens is 277 g/mol. The van der Waals surface area contributed by atoms with Crippen molar-refractivity contribution in [3.8, 4) is 0 Å². The highest BCUT2D eigenvalue weighted by Gasteiger charge is 2.07. The number of rotatable bonds is 7. The van der Waals surface area contributed by atoms with E-state index in [0.717, 1.165) is 31.6 Å². The van der Waals surface area contributed by atoms with E-state index in [1.807, 2.05) is 10.8 Å². The van der Waals surface area contributed by atoms with Crippen molar-refractivity contribution in [2.45, 2.75) is 26.3 Å². The molecule has 0 bridgehead atoms. The second-order valence-electron chi connectivity index (χ2n) is 4.75. The van der Waals surface area contributed by atoms with Crippen molar-refractivity contribution in [2.75, 3.05) is 13.1 Å². The zero-order valence-corrected chi connectivity index (χ0v) is 12.3. The van der Waals surface area contributed by atoms with Crippen LogP contribution in [0.15, 0.2) is 30.7 Å². The minimum absolute atomic E-state index is 0.159. The molecule has 0 radical (unpaired) electrons. The summed E-state index contributed by atoms with van der Waals surface area (Å²) in [6.45, 7) is 4.52. The van der Waals surface area contributed by atoms with E-state index in [1.54, 1.807) is 24.5 Å². The van der Waals surface area contributed by atoms with Crippen LogP contribution in [-0.4, -0.2) is 22.6 Å². The Labute approximate surface area is 123 Å². The number of hydrogen-bond donors (Lipinski definition) is 1. The number of hydrogen-bond acceptors (Lipinski definition) is 2. The largest absolute Gasteiger partial charge is 0.333 e. The predicted octanol–water partition coefficient (Wildman–Crippen LogP) is 3.27. The molecule has 0 aliphatic heterocycles. The van der Waals surface area contributed by atoms with Crippen molar-refractivity contribution >= 4 is 11.6 Å². The first-order valence-corrected chi connectivity index (χ1v) is 7.22. The fourth-order valence-electron chi connectivity index (χ4n) is 2.01. The van der Waals surface area contributed by atoms with Crippen LogP contribution in [0.25, 0.3) is 0 Å². The van der Waals surface area contributed by atoms with E-state index in [2.05, 4.69) is 17.2 Å². The topological polar surface area (TPSA) is 29.9 Å². The molecule has 0 saturated heterocycles. The molecule has 3 nitrogen and oxygen atoms in total. The number of aromatic nitrogens is 2. The van der Waals surface area contributed by atoms with Crippen LogP contribution in [0.1, 0.15) is 24.6 Å². The molecule has 0 unspecified atom stereocenters. The minimum Gasteiger partial charge on any atom is -0.333 e. The van der Waals surface area contributed by atoms with Crippen LogP contribution in [0, 0.1) is 5.82 Å². The number of halogens is 2. The Hall–Kier alpha value is -1.39. The lowest BCUT2D eigenvalue weighted by atomic mass is 10.2. The highest BCUT2D eigenvalue weighted by molar-refractivity contribution is 6.30. The Bertz CT molecular complexity index is 554. The molecule has 1 heterocycles. The highest BCUT2D eigenvalue weighted by Crippen LogP contribution is 2.18. The van der Waals surface area contributed by atoms with Gasteiger partial charge in [0.2, 0.25) is 0 Å². The maximum Gasteiger partial charge on any atom is 0.146 e. The molecule has 0 amide bonds. The van der Waals surface area contributed by atoms with Crippen LogP contribution in [0.2, 0.25) is 5.02 Å². The number of nitrogens with zero attached hydrogens (tertiary/aromatic N) is 2. The first-order valence-electron chi connectivity index (χ1n) is 6.85. The van der Waals surface area contributed by atoms with Gasteiger partial charge in [-0.1, -0.05) is 30.7 Å². The molecule has 2 rings (SSSR count). The van der Waals surface area contributed by atoms with E-state index in [1.165, 1.54) is 0 Å². The zero-order valence-electron chi connectivity index (χ0n) is 11.6. The van der Waals surface area contributed by atoms with E-state index in [9.17, 15) is 4.39 Å². The van der Waals surface area contributed by atoms with Crippen LogP contribution in [0.5, 0.6) is 0 Å². The van der Waals surface area contributed by atoms with Crippen molar-refractivity contribution in [2.24, 2.45) is 0 Å². The molecule has 108 valence electrons. The minimum atomic E-state index is -0.353. The lowest BCUT2D eigenvalue weighted by Gasteiger charge is -2.05. The standard InChI is InChI=1S/C15H19ClFN3/c1-2-7-18-8-6-13-10-20(11-19-13)9-12-4-3-5-14(16)15(12)17/h3-5,10-11,18H,2,6-9H2,1H3. The van der Waals surface area contributed by atoms with Gasteiger partial charge in [-0.05, 0) is 19.0 Å². The van der Waals surface area contributed by atoms with Crippen molar-refractivity contribution in [1.29, 1.82) is 0 Å². The molecule has 1 aromatic carbocycles. The highest BCUT2D eigenvalue weighted by atomic mass is 35.5. The van der Waals surface area contributed by atoms with E-state index in [4.69, 9.17) is 11.6 Å². The Kier molecular flexibility index (Phi) is 5.56. The molecular formula is C15H19ClFN3. The molecule has 0 fully saturated rings. The normalized spacial score (nSPS) is 10.9. The van der Waals surface area contributed by atoms with Gasteiger partial charge in [-0.25, -0.2) is 9.37 Å². The summed E-state index contributed by atoms with van der Waals surface area (Å²) in [6.07, 6.45) is 5.69. The fraction of sp³-hybridized carbons (Fsp3) is 0.400. The maximum atomic E-state index is 13.8. The van der Waals surface area contributed by atoms with E-state index in [-0.39, 0.29) is 10.8 Å². The summed E-state index contributed by atoms with van der Waals surface area (Å²) in [7, 11) is 0. The van der Waals surface area contributed by atoms with Gasteiger partial charge in [0.1, 0.15) is 5.82 Å². The van der Waals surface area contributed by atoms with Crippen LogP contribution < -0.4 is 5.32 Å². The second kappa shape index (κ2) is 7.41. The summed E-state index contributed by atoms with van der Waals surface area (Å²) >= 11 is 5.78. The first-order chi connectivity index (χ1) is 9.70. The fourth-order valence-corrected chi connectivity index (χ4v) is 2.20. The Morgan fingerprint density at radius 3 is 3.00 bits per heavy atom. The smallest absolute Gasteiger partial charge is 0.146 e. The third-order valence-electron chi connectivity index (χ3n) is 3.06. The molecule has 1 aromatic heterocycles. The zero-order chi connectivity index (χ0) is 14.4. The summed E-state index contributed by atoms with van der Waals surface area (Å²) in [5.74, 6) is -0.353. The summed E-state index contributed by atoms with van der Waals surface area (Å²) in [6, 6.07) is 5.05. The van der Waals surface area contributed by atoms with Gasteiger partial charge in [-0.2, -0.15) is 0 Å². The molecule has 1 N–H and O–H groups in total. The monoisotopic (exact) mass is 295 g/mol. The average Bonchev–Trinajstić information content (AvgIpc) is 2.88. The third-order valence-corrected chi connectivity index (χ3v) is 3.35. The predicted molar refractivity (Wildman–Crippen MR) is 79.6 cm³/mol. The molecule has 2 aromatic rings. The molecule has 0 aliphatic carbocycles. The van der Waals surface area contributed by atoms with Gasteiger partial charge >= 0.3 is 0 Å². The van der Waals surface area contributed by atoms with Crippen molar-refractivity contribution in [3.63, 3.8) is 0 Å². The van der Waals surface area contributed by atoms with Gasteiger partial charge in [0, 0.05) is 24.7 Å². The molecule has 20 heavy (non-hydrogen) atoms. The lowest BCUT2D eigenvalue weighted by molar-refractivity contribution is 0.599. The van der Waals surface area contributed by atoms with Gasteiger partial charge in [-0.3, -0.25) is 0 Å². The number of imidazole rings is 1. The van der Waals surface area contributed by atoms with Gasteiger partial charge in [-0.15, -0.1) is 0 Å².